The van der Waals surface area contributed by atoms with Gasteiger partial charge >= 0.3 is 0 Å². The zero-order valence-electron chi connectivity index (χ0n) is 29.7. The van der Waals surface area contributed by atoms with Gasteiger partial charge in [-0.2, -0.15) is 0 Å². The molecule has 5 heteroatoms. The summed E-state index contributed by atoms with van der Waals surface area (Å²) in [6.45, 7) is 18.2. The Labute approximate surface area is 306 Å². The molecule has 0 aliphatic rings. The van der Waals surface area contributed by atoms with Crippen molar-refractivity contribution in [1.29, 1.82) is 0 Å². The van der Waals surface area contributed by atoms with Crippen molar-refractivity contribution in [2.24, 2.45) is 5.41 Å². The van der Waals surface area contributed by atoms with Gasteiger partial charge < -0.3 is 14.4 Å². The summed E-state index contributed by atoms with van der Waals surface area (Å²) in [4.78, 5) is 9.35. The first-order valence-corrected chi connectivity index (χ1v) is 20.2. The average molecular weight is 837 g/mol. The quantitative estimate of drug-likeness (QED) is 0.128. The van der Waals surface area contributed by atoms with Gasteiger partial charge in [-0.3, -0.25) is 0 Å². The number of fused-ring (bicyclic) bond motifs is 3. The number of pyridine rings is 2. The molecular formula is C44H44IrN2OSi-2. The van der Waals surface area contributed by atoms with Crippen LogP contribution in [0.15, 0.2) is 114 Å². The van der Waals surface area contributed by atoms with Crippen molar-refractivity contribution >= 4 is 35.2 Å². The Morgan fingerprint density at radius 1 is 0.755 bits per heavy atom. The number of benzene rings is 4. The molecule has 3 aromatic heterocycles. The Balaban J connectivity index is 0.000000221. The molecule has 0 bridgehead atoms. The fourth-order valence-electron chi connectivity index (χ4n) is 6.31. The minimum Gasteiger partial charge on any atom is -0.501 e. The molecule has 0 saturated carbocycles. The second kappa shape index (κ2) is 14.8. The SMILES string of the molecule is Cc1cc(-c2[c-]cccc2)ncc1[Si](C)(C)C.Cc1cnc(-c2[c-]cc(-c3ccccc3)c3c2oc2ccccc23)cc1CC(C)(C)C.[Ir]. The van der Waals surface area contributed by atoms with Crippen LogP contribution in [0.5, 0.6) is 0 Å². The minimum absolute atomic E-state index is 0. The van der Waals surface area contributed by atoms with E-state index in [1.54, 1.807) is 0 Å². The summed E-state index contributed by atoms with van der Waals surface area (Å²) in [5.74, 6) is 0. The van der Waals surface area contributed by atoms with Crippen molar-refractivity contribution < 1.29 is 24.5 Å². The monoisotopic (exact) mass is 837 g/mol. The van der Waals surface area contributed by atoms with Crippen molar-refractivity contribution in [3.63, 3.8) is 0 Å². The molecule has 1 radical (unpaired) electrons. The zero-order chi connectivity index (χ0) is 34.1. The van der Waals surface area contributed by atoms with Gasteiger partial charge in [-0.1, -0.05) is 129 Å². The topological polar surface area (TPSA) is 38.9 Å². The summed E-state index contributed by atoms with van der Waals surface area (Å²) in [6.07, 6.45) is 5.03. The Morgan fingerprint density at radius 2 is 1.45 bits per heavy atom. The summed E-state index contributed by atoms with van der Waals surface area (Å²) in [5, 5.41) is 3.68. The molecule has 0 spiro atoms. The van der Waals surface area contributed by atoms with Crippen LogP contribution >= 0.6 is 0 Å². The number of aryl methyl sites for hydroxylation is 2. The van der Waals surface area contributed by atoms with Crippen LogP contribution in [0.2, 0.25) is 19.6 Å². The number of rotatable bonds is 5. The number of para-hydroxylation sites is 1. The smallest absolute Gasteiger partial charge is 0.120 e. The van der Waals surface area contributed by atoms with Crippen LogP contribution in [-0.4, -0.2) is 18.0 Å². The van der Waals surface area contributed by atoms with Gasteiger partial charge in [0.15, 0.2) is 0 Å². The molecule has 7 aromatic rings. The third kappa shape index (κ3) is 8.19. The summed E-state index contributed by atoms with van der Waals surface area (Å²) < 4.78 is 6.40. The van der Waals surface area contributed by atoms with E-state index < -0.39 is 8.07 Å². The van der Waals surface area contributed by atoms with Gasteiger partial charge in [0.25, 0.3) is 0 Å². The summed E-state index contributed by atoms with van der Waals surface area (Å²) in [6, 6.07) is 39.9. The molecule has 0 aliphatic carbocycles. The largest absolute Gasteiger partial charge is 0.501 e. The van der Waals surface area contributed by atoms with E-state index in [0.717, 1.165) is 62.0 Å². The standard InChI is InChI=1S/C29H26NO.C15H18NSi.Ir/c1-19-18-30-25(16-21(19)17-29(2,3)4)23-15-14-22(20-10-6-5-7-11-20)27-24-12-8-9-13-26(24)31-28(23)27;1-12-10-14(13-8-6-5-7-9-13)16-11-15(12)17(2,3)4;/h5-14,16,18H,17H2,1-4H3;5-8,10-11H,1-4H3;/q2*-1;. The Morgan fingerprint density at radius 3 is 2.12 bits per heavy atom. The van der Waals surface area contributed by atoms with Crippen molar-refractivity contribution in [2.75, 3.05) is 0 Å². The van der Waals surface area contributed by atoms with Crippen LogP contribution < -0.4 is 5.19 Å². The van der Waals surface area contributed by atoms with Crippen LogP contribution in [0.1, 0.15) is 37.5 Å². The third-order valence-corrected chi connectivity index (χ3v) is 10.8. The van der Waals surface area contributed by atoms with Gasteiger partial charge in [0.05, 0.1) is 13.7 Å². The molecule has 0 atom stereocenters. The summed E-state index contributed by atoms with van der Waals surface area (Å²) in [5.41, 5.74) is 12.0. The number of aromatic nitrogens is 2. The fourth-order valence-corrected chi connectivity index (χ4v) is 8.02. The number of nitrogens with zero attached hydrogens (tertiary/aromatic N) is 2. The van der Waals surface area contributed by atoms with Crippen LogP contribution in [0, 0.1) is 31.4 Å². The molecule has 3 heterocycles. The summed E-state index contributed by atoms with van der Waals surface area (Å²) in [7, 11) is -1.27. The number of furan rings is 1. The van der Waals surface area contributed by atoms with Crippen LogP contribution in [0.4, 0.5) is 0 Å². The van der Waals surface area contributed by atoms with E-state index in [2.05, 4.69) is 138 Å². The first-order chi connectivity index (χ1) is 22.9. The van der Waals surface area contributed by atoms with Gasteiger partial charge in [0.1, 0.15) is 5.58 Å². The molecule has 0 aliphatic heterocycles. The zero-order valence-corrected chi connectivity index (χ0v) is 33.1. The molecular weight excluding hydrogens is 793 g/mol. The van der Waals surface area contributed by atoms with E-state index in [1.807, 2.05) is 42.6 Å². The van der Waals surface area contributed by atoms with Gasteiger partial charge in [-0.15, -0.1) is 48.0 Å². The van der Waals surface area contributed by atoms with Crippen LogP contribution in [-0.2, 0) is 26.5 Å². The summed E-state index contributed by atoms with van der Waals surface area (Å²) >= 11 is 0. The molecule has 49 heavy (non-hydrogen) atoms. The molecule has 4 aromatic carbocycles. The number of hydrogen-bond acceptors (Lipinski definition) is 3. The van der Waals surface area contributed by atoms with E-state index >= 15 is 0 Å². The molecule has 0 fully saturated rings. The fraction of sp³-hybridized carbons (Fsp3) is 0.227. The first kappa shape index (κ1) is 36.1. The van der Waals surface area contributed by atoms with Crippen molar-refractivity contribution in [1.82, 2.24) is 9.97 Å². The Bertz CT molecular complexity index is 2190. The molecule has 0 N–H and O–H groups in total. The molecule has 3 nitrogen and oxygen atoms in total. The third-order valence-electron chi connectivity index (χ3n) is 8.63. The minimum atomic E-state index is -1.27. The van der Waals surface area contributed by atoms with Crippen molar-refractivity contribution in [2.45, 2.75) is 60.7 Å². The maximum absolute atomic E-state index is 6.40. The second-order valence-corrected chi connectivity index (χ2v) is 19.9. The molecule has 0 amide bonds. The van der Waals surface area contributed by atoms with E-state index in [1.165, 1.54) is 21.9 Å². The normalized spacial score (nSPS) is 11.6. The van der Waals surface area contributed by atoms with Crippen molar-refractivity contribution in [3.8, 4) is 33.6 Å². The molecule has 7 rings (SSSR count). The average Bonchev–Trinajstić information content (AvgIpc) is 3.45. The molecule has 0 unspecified atom stereocenters. The number of hydrogen-bond donors (Lipinski definition) is 0. The maximum atomic E-state index is 6.40. The predicted octanol–water partition coefficient (Wildman–Crippen LogP) is 11.4. The predicted molar refractivity (Wildman–Crippen MR) is 205 cm³/mol. The van der Waals surface area contributed by atoms with Gasteiger partial charge in [-0.25, -0.2) is 0 Å². The van der Waals surface area contributed by atoms with Crippen LogP contribution in [0.3, 0.4) is 0 Å². The van der Waals surface area contributed by atoms with E-state index in [-0.39, 0.29) is 25.5 Å². The van der Waals surface area contributed by atoms with E-state index in [4.69, 9.17) is 9.40 Å². The van der Waals surface area contributed by atoms with Gasteiger partial charge in [0, 0.05) is 37.9 Å². The van der Waals surface area contributed by atoms with Crippen molar-refractivity contribution in [3.05, 3.63) is 138 Å². The van der Waals surface area contributed by atoms with Crippen LogP contribution in [0.25, 0.3) is 55.6 Å². The maximum Gasteiger partial charge on any atom is 0.120 e. The van der Waals surface area contributed by atoms with E-state index in [0.29, 0.717) is 0 Å². The first-order valence-electron chi connectivity index (χ1n) is 16.7. The molecule has 251 valence electrons. The van der Waals surface area contributed by atoms with Gasteiger partial charge in [-0.05, 0) is 59.3 Å². The van der Waals surface area contributed by atoms with E-state index in [9.17, 15) is 0 Å². The Hall–Kier alpha value is -4.15. The Kier molecular flexibility index (Phi) is 10.9. The van der Waals surface area contributed by atoms with Gasteiger partial charge in [0.2, 0.25) is 0 Å². The second-order valence-electron chi connectivity index (χ2n) is 14.9. The molecule has 0 saturated heterocycles.